The first-order valence-electron chi connectivity index (χ1n) is 5.62. The molecular formula is C10H15F3N2O3. The highest BCUT2D eigenvalue weighted by atomic mass is 19.4. The number of amides is 2. The molecule has 0 aromatic carbocycles. The maximum absolute atomic E-state index is 11.9. The second-order valence-electron chi connectivity index (χ2n) is 3.90. The van der Waals surface area contributed by atoms with Crippen molar-refractivity contribution in [3.8, 4) is 0 Å². The van der Waals surface area contributed by atoms with E-state index in [0.717, 1.165) is 0 Å². The summed E-state index contributed by atoms with van der Waals surface area (Å²) in [6, 6.07) is -0.661. The van der Waals surface area contributed by atoms with Gasteiger partial charge in [-0.15, -0.1) is 13.2 Å². The SMILES string of the molecule is CCC1NC(=O)CCN(CCOC(F)(F)F)C1=O. The fourth-order valence-corrected chi connectivity index (χ4v) is 1.67. The highest BCUT2D eigenvalue weighted by Crippen LogP contribution is 2.16. The van der Waals surface area contributed by atoms with Gasteiger partial charge in [-0.05, 0) is 6.42 Å². The molecule has 1 saturated heterocycles. The Morgan fingerprint density at radius 2 is 2.11 bits per heavy atom. The summed E-state index contributed by atoms with van der Waals surface area (Å²) < 4.78 is 39.0. The molecule has 0 aliphatic carbocycles. The number of nitrogens with one attached hydrogen (secondary N) is 1. The Labute approximate surface area is 102 Å². The normalized spacial score (nSPS) is 21.8. The monoisotopic (exact) mass is 268 g/mol. The van der Waals surface area contributed by atoms with Gasteiger partial charge in [0.25, 0.3) is 0 Å². The summed E-state index contributed by atoms with van der Waals surface area (Å²) in [7, 11) is 0. The number of ether oxygens (including phenoxy) is 1. The second-order valence-corrected chi connectivity index (χ2v) is 3.90. The van der Waals surface area contributed by atoms with Gasteiger partial charge in [-0.1, -0.05) is 6.92 Å². The lowest BCUT2D eigenvalue weighted by atomic mass is 10.2. The van der Waals surface area contributed by atoms with Crippen LogP contribution in [-0.2, 0) is 14.3 Å². The molecule has 0 saturated carbocycles. The number of halogens is 3. The molecule has 0 bridgehead atoms. The molecule has 2 amide bonds. The van der Waals surface area contributed by atoms with Crippen LogP contribution in [0.1, 0.15) is 19.8 Å². The topological polar surface area (TPSA) is 58.6 Å². The third-order valence-electron chi connectivity index (χ3n) is 2.59. The lowest BCUT2D eigenvalue weighted by Gasteiger charge is -2.23. The first kappa shape index (κ1) is 14.7. The molecule has 1 fully saturated rings. The van der Waals surface area contributed by atoms with Crippen molar-refractivity contribution in [1.82, 2.24) is 10.2 Å². The molecule has 0 radical (unpaired) electrons. The van der Waals surface area contributed by atoms with Crippen LogP contribution >= 0.6 is 0 Å². The van der Waals surface area contributed by atoms with Gasteiger partial charge < -0.3 is 10.2 Å². The molecule has 1 heterocycles. The number of alkyl halides is 3. The number of hydrogen-bond donors (Lipinski definition) is 1. The number of nitrogens with zero attached hydrogens (tertiary/aromatic N) is 1. The van der Waals surface area contributed by atoms with Crippen LogP contribution in [-0.4, -0.2) is 48.8 Å². The number of carbonyl (C=O) groups is 2. The lowest BCUT2D eigenvalue weighted by molar-refractivity contribution is -0.324. The summed E-state index contributed by atoms with van der Waals surface area (Å²) >= 11 is 0. The van der Waals surface area contributed by atoms with E-state index in [0.29, 0.717) is 6.42 Å². The molecule has 1 atom stereocenters. The van der Waals surface area contributed by atoms with Gasteiger partial charge >= 0.3 is 6.36 Å². The minimum absolute atomic E-state index is 0.0915. The largest absolute Gasteiger partial charge is 0.522 e. The van der Waals surface area contributed by atoms with Crippen molar-refractivity contribution in [2.75, 3.05) is 19.7 Å². The van der Waals surface area contributed by atoms with Crippen LogP contribution in [0.5, 0.6) is 0 Å². The highest BCUT2D eigenvalue weighted by molar-refractivity contribution is 5.89. The second kappa shape index (κ2) is 6.03. The molecule has 1 aliphatic rings. The summed E-state index contributed by atoms with van der Waals surface area (Å²) in [4.78, 5) is 24.3. The van der Waals surface area contributed by atoms with Crippen molar-refractivity contribution in [2.45, 2.75) is 32.2 Å². The smallest absolute Gasteiger partial charge is 0.344 e. The average molecular weight is 268 g/mol. The Morgan fingerprint density at radius 3 is 2.67 bits per heavy atom. The standard InChI is InChI=1S/C10H15F3N2O3/c1-2-7-9(17)15(4-3-8(16)14-7)5-6-18-10(11,12)13/h7H,2-6H2,1H3,(H,14,16). The van der Waals surface area contributed by atoms with Crippen molar-refractivity contribution in [1.29, 1.82) is 0 Å². The first-order valence-corrected chi connectivity index (χ1v) is 5.62. The predicted molar refractivity (Wildman–Crippen MR) is 55.4 cm³/mol. The van der Waals surface area contributed by atoms with Gasteiger partial charge in [0.05, 0.1) is 6.61 Å². The van der Waals surface area contributed by atoms with Crippen LogP contribution in [0.2, 0.25) is 0 Å². The third-order valence-corrected chi connectivity index (χ3v) is 2.59. The maximum atomic E-state index is 11.9. The molecular weight excluding hydrogens is 253 g/mol. The number of rotatable bonds is 4. The zero-order valence-electron chi connectivity index (χ0n) is 9.92. The molecule has 0 spiro atoms. The molecule has 5 nitrogen and oxygen atoms in total. The Balaban J connectivity index is 2.52. The molecule has 0 aromatic rings. The van der Waals surface area contributed by atoms with E-state index in [1.807, 2.05) is 0 Å². The molecule has 1 N–H and O–H groups in total. The maximum Gasteiger partial charge on any atom is 0.522 e. The minimum atomic E-state index is -4.70. The predicted octanol–water partition coefficient (Wildman–Crippen LogP) is 0.650. The van der Waals surface area contributed by atoms with Crippen LogP contribution < -0.4 is 5.32 Å². The Bertz CT molecular complexity index is 320. The summed E-state index contributed by atoms with van der Waals surface area (Å²) in [6.07, 6.45) is -4.21. The van der Waals surface area contributed by atoms with Gasteiger partial charge in [-0.3, -0.25) is 14.3 Å². The lowest BCUT2D eigenvalue weighted by Crippen LogP contribution is -2.45. The fourth-order valence-electron chi connectivity index (χ4n) is 1.67. The Hall–Kier alpha value is -1.31. The molecule has 1 aliphatic heterocycles. The third kappa shape index (κ3) is 4.52. The molecule has 0 aromatic heterocycles. The molecule has 18 heavy (non-hydrogen) atoms. The summed E-state index contributed by atoms with van der Waals surface area (Å²) in [5.41, 5.74) is 0. The molecule has 1 rings (SSSR count). The van der Waals surface area contributed by atoms with Crippen molar-refractivity contribution in [3.63, 3.8) is 0 Å². The van der Waals surface area contributed by atoms with E-state index in [1.165, 1.54) is 4.90 Å². The van der Waals surface area contributed by atoms with Gasteiger partial charge in [0.2, 0.25) is 11.8 Å². The van der Waals surface area contributed by atoms with E-state index in [-0.39, 0.29) is 31.3 Å². The Kier molecular flexibility index (Phi) is 4.94. The first-order chi connectivity index (χ1) is 8.33. The Morgan fingerprint density at radius 1 is 1.44 bits per heavy atom. The quantitative estimate of drug-likeness (QED) is 0.814. The van der Waals surface area contributed by atoms with E-state index in [9.17, 15) is 22.8 Å². The van der Waals surface area contributed by atoms with Crippen molar-refractivity contribution in [2.24, 2.45) is 0 Å². The van der Waals surface area contributed by atoms with E-state index < -0.39 is 19.0 Å². The zero-order valence-corrected chi connectivity index (χ0v) is 9.92. The van der Waals surface area contributed by atoms with Gasteiger partial charge in [0.15, 0.2) is 0 Å². The molecule has 104 valence electrons. The summed E-state index contributed by atoms with van der Waals surface area (Å²) in [5, 5.41) is 2.52. The van der Waals surface area contributed by atoms with Gasteiger partial charge in [0, 0.05) is 19.5 Å². The summed E-state index contributed by atoms with van der Waals surface area (Å²) in [5.74, 6) is -0.636. The number of carbonyl (C=O) groups excluding carboxylic acids is 2. The molecule has 8 heteroatoms. The molecule has 1 unspecified atom stereocenters. The van der Waals surface area contributed by atoms with Crippen LogP contribution in [0.15, 0.2) is 0 Å². The van der Waals surface area contributed by atoms with Crippen molar-refractivity contribution >= 4 is 11.8 Å². The zero-order chi connectivity index (χ0) is 13.8. The minimum Gasteiger partial charge on any atom is -0.344 e. The van der Waals surface area contributed by atoms with Crippen LogP contribution in [0.3, 0.4) is 0 Å². The summed E-state index contributed by atoms with van der Waals surface area (Å²) in [6.45, 7) is 1.03. The van der Waals surface area contributed by atoms with Gasteiger partial charge in [-0.25, -0.2) is 0 Å². The van der Waals surface area contributed by atoms with E-state index in [2.05, 4.69) is 10.1 Å². The number of hydrogen-bond acceptors (Lipinski definition) is 3. The van der Waals surface area contributed by atoms with Crippen molar-refractivity contribution < 1.29 is 27.5 Å². The van der Waals surface area contributed by atoms with E-state index >= 15 is 0 Å². The van der Waals surface area contributed by atoms with E-state index in [4.69, 9.17) is 0 Å². The van der Waals surface area contributed by atoms with E-state index in [1.54, 1.807) is 6.92 Å². The van der Waals surface area contributed by atoms with Gasteiger partial charge in [0.1, 0.15) is 6.04 Å². The van der Waals surface area contributed by atoms with Gasteiger partial charge in [-0.2, -0.15) is 0 Å². The van der Waals surface area contributed by atoms with Crippen LogP contribution in [0, 0.1) is 0 Å². The average Bonchev–Trinajstić information content (AvgIpc) is 2.39. The fraction of sp³-hybridized carbons (Fsp3) is 0.800. The van der Waals surface area contributed by atoms with Crippen molar-refractivity contribution in [3.05, 3.63) is 0 Å². The van der Waals surface area contributed by atoms with Crippen LogP contribution in [0.25, 0.3) is 0 Å². The van der Waals surface area contributed by atoms with Crippen LogP contribution in [0.4, 0.5) is 13.2 Å². The highest BCUT2D eigenvalue weighted by Gasteiger charge is 2.31.